The number of nitrogens with two attached hydrogens (primary N) is 3. The second-order valence-electron chi connectivity index (χ2n) is 14.5. The van der Waals surface area contributed by atoms with Gasteiger partial charge in [-0.2, -0.15) is 0 Å². The van der Waals surface area contributed by atoms with Crippen molar-refractivity contribution in [1.82, 2.24) is 15.0 Å². The molecule has 19 heteroatoms. The van der Waals surface area contributed by atoms with Crippen molar-refractivity contribution in [3.63, 3.8) is 0 Å². The van der Waals surface area contributed by atoms with E-state index >= 15 is 0 Å². The molecule has 9 rings (SSSR count). The zero-order valence-electron chi connectivity index (χ0n) is 35.2. The van der Waals surface area contributed by atoms with E-state index in [-0.39, 0.29) is 23.7 Å². The second kappa shape index (κ2) is 22.1. The molecular formula is C48H41BrN8O10. The summed E-state index contributed by atoms with van der Waals surface area (Å²) in [6.07, 6.45) is 0. The Morgan fingerprint density at radius 3 is 1.36 bits per heavy atom. The van der Waals surface area contributed by atoms with Gasteiger partial charge in [0, 0.05) is 62.3 Å². The Balaban J connectivity index is 0.000000153. The third-order valence-corrected chi connectivity index (χ3v) is 10.3. The zero-order chi connectivity index (χ0) is 48.0. The molecule has 340 valence electrons. The summed E-state index contributed by atoms with van der Waals surface area (Å²) in [4.78, 5) is 62.0. The van der Waals surface area contributed by atoms with Gasteiger partial charge in [0.05, 0.1) is 9.85 Å². The molecule has 9 aromatic rings. The van der Waals surface area contributed by atoms with Crippen molar-refractivity contribution in [2.75, 3.05) is 0 Å². The molecule has 0 fully saturated rings. The highest BCUT2D eigenvalue weighted by Crippen LogP contribution is 2.25. The van der Waals surface area contributed by atoms with Crippen LogP contribution in [0.3, 0.4) is 0 Å². The van der Waals surface area contributed by atoms with Gasteiger partial charge in [-0.05, 0) is 89.5 Å². The molecule has 0 aliphatic heterocycles. The van der Waals surface area contributed by atoms with Crippen molar-refractivity contribution in [2.24, 2.45) is 17.2 Å². The third-order valence-electron chi connectivity index (χ3n) is 9.64. The smallest absolute Gasteiger partial charge is 0.269 e. The van der Waals surface area contributed by atoms with Gasteiger partial charge in [-0.25, -0.2) is 0 Å². The number of hydrogen-bond acceptors (Lipinski definition) is 10. The maximum atomic E-state index is 11.2. The molecule has 0 aliphatic carbocycles. The monoisotopic (exact) mass is 968 g/mol. The van der Waals surface area contributed by atoms with E-state index in [1.165, 1.54) is 18.2 Å². The molecule has 0 unspecified atom stereocenters. The Morgan fingerprint density at radius 2 is 0.910 bits per heavy atom. The molecule has 18 nitrogen and oxygen atoms in total. The topological polar surface area (TPSA) is 302 Å². The molecule has 0 bridgehead atoms. The fourth-order valence-corrected chi connectivity index (χ4v) is 6.69. The minimum atomic E-state index is -0.528. The van der Waals surface area contributed by atoms with Crippen molar-refractivity contribution in [3.05, 3.63) is 206 Å². The van der Waals surface area contributed by atoms with Crippen LogP contribution in [0, 0.1) is 20.2 Å². The standard InChI is InChI=1S/C16H13N3O4.C16H14N2O2.C9H8N2O2.C7H6BrNO2/c17-16(20)15-8-11-7-13(4-5-14(11)18-15)23-9-10-2-1-3-12(6-10)19(21)22;17-16(19)15-9-12-8-13(6-7-14(12)18-15)20-10-11-4-2-1-3-5-11;10-9(13)8-4-5-3-6(12)1-2-7(5)11-8;8-5-6-2-1-3-7(4-6)9(10)11/h1-8,18H,9H2,(H2,17,20);1-9,18H,10H2,(H2,17,19);1-4,11-12H,(H2,10,13);1-4H,5H2. The number of carbonyl (C=O) groups excluding carboxylic acids is 3. The third kappa shape index (κ3) is 13.3. The van der Waals surface area contributed by atoms with Crippen LogP contribution in [0.2, 0.25) is 0 Å². The van der Waals surface area contributed by atoms with E-state index in [0.717, 1.165) is 49.6 Å². The van der Waals surface area contributed by atoms with Gasteiger partial charge >= 0.3 is 0 Å². The lowest BCUT2D eigenvalue weighted by Gasteiger charge is -2.06. The van der Waals surface area contributed by atoms with Crippen molar-refractivity contribution < 1.29 is 38.8 Å². The Morgan fingerprint density at radius 1 is 0.507 bits per heavy atom. The van der Waals surface area contributed by atoms with E-state index in [4.69, 9.17) is 31.8 Å². The number of nitrogens with zero attached hydrogens (tertiary/aromatic N) is 2. The molecule has 3 heterocycles. The van der Waals surface area contributed by atoms with Gasteiger partial charge < -0.3 is 46.7 Å². The van der Waals surface area contributed by atoms with Crippen LogP contribution in [0.15, 0.2) is 152 Å². The Hall–Kier alpha value is -8.97. The number of nitrogens with one attached hydrogen (secondary N) is 3. The van der Waals surface area contributed by atoms with Crippen LogP contribution in [0.5, 0.6) is 17.2 Å². The minimum Gasteiger partial charge on any atom is -0.508 e. The van der Waals surface area contributed by atoms with E-state index in [9.17, 15) is 34.6 Å². The summed E-state index contributed by atoms with van der Waals surface area (Å²) in [6.45, 7) is 0.722. The molecule has 0 saturated carbocycles. The van der Waals surface area contributed by atoms with Crippen LogP contribution in [-0.4, -0.2) is 47.6 Å². The predicted molar refractivity (Wildman–Crippen MR) is 256 cm³/mol. The number of aromatic nitrogens is 3. The van der Waals surface area contributed by atoms with Gasteiger partial charge in [0.1, 0.15) is 47.5 Å². The molecule has 3 aromatic heterocycles. The number of rotatable bonds is 12. The molecule has 3 amide bonds. The first-order valence-corrected chi connectivity index (χ1v) is 21.1. The molecular weight excluding hydrogens is 928 g/mol. The highest BCUT2D eigenvalue weighted by molar-refractivity contribution is 9.08. The van der Waals surface area contributed by atoms with Crippen molar-refractivity contribution in [3.8, 4) is 17.2 Å². The normalized spacial score (nSPS) is 10.4. The van der Waals surface area contributed by atoms with Crippen molar-refractivity contribution in [1.29, 1.82) is 0 Å². The van der Waals surface area contributed by atoms with Crippen LogP contribution in [0.4, 0.5) is 11.4 Å². The van der Waals surface area contributed by atoms with Crippen LogP contribution >= 0.6 is 15.9 Å². The number of H-pyrrole nitrogens is 3. The van der Waals surface area contributed by atoms with Crippen molar-refractivity contribution in [2.45, 2.75) is 18.5 Å². The number of benzene rings is 6. The van der Waals surface area contributed by atoms with Gasteiger partial charge in [0.2, 0.25) is 0 Å². The first kappa shape index (κ1) is 47.5. The first-order chi connectivity index (χ1) is 32.1. The summed E-state index contributed by atoms with van der Waals surface area (Å²) in [5.41, 5.74) is 22.0. The number of amides is 3. The number of primary amides is 3. The number of phenolic OH excluding ortho intramolecular Hbond substituents is 1. The molecule has 10 N–H and O–H groups in total. The number of halogens is 1. The number of alkyl halides is 1. The van der Waals surface area contributed by atoms with E-state index in [1.54, 1.807) is 78.9 Å². The fraction of sp³-hybridized carbons (Fsp3) is 0.0625. The lowest BCUT2D eigenvalue weighted by atomic mass is 10.2. The minimum absolute atomic E-state index is 0.0262. The Labute approximate surface area is 388 Å². The van der Waals surface area contributed by atoms with Crippen LogP contribution in [-0.2, 0) is 18.5 Å². The van der Waals surface area contributed by atoms with Crippen LogP contribution in [0.25, 0.3) is 32.7 Å². The maximum Gasteiger partial charge on any atom is 0.269 e. The molecule has 6 aromatic carbocycles. The summed E-state index contributed by atoms with van der Waals surface area (Å²) < 4.78 is 11.4. The molecule has 0 radical (unpaired) electrons. The molecule has 0 saturated heterocycles. The molecule has 0 spiro atoms. The average Bonchev–Trinajstić information content (AvgIpc) is 4.08. The van der Waals surface area contributed by atoms with Gasteiger partial charge in [-0.1, -0.05) is 70.5 Å². The Bertz CT molecular complexity index is 3220. The summed E-state index contributed by atoms with van der Waals surface area (Å²) in [5.74, 6) is 0.0295. The lowest BCUT2D eigenvalue weighted by Crippen LogP contribution is -2.10. The van der Waals surface area contributed by atoms with Crippen molar-refractivity contribution >= 4 is 77.7 Å². The number of ether oxygens (including phenoxy) is 2. The van der Waals surface area contributed by atoms with Gasteiger partial charge in [-0.15, -0.1) is 0 Å². The molecule has 0 aliphatic rings. The number of nitro groups is 2. The zero-order valence-corrected chi connectivity index (χ0v) is 36.8. The second-order valence-corrected chi connectivity index (χ2v) is 15.0. The summed E-state index contributed by atoms with van der Waals surface area (Å²) in [5, 5.41) is 33.3. The van der Waals surface area contributed by atoms with Gasteiger partial charge in [0.25, 0.3) is 29.1 Å². The highest BCUT2D eigenvalue weighted by Gasteiger charge is 2.10. The lowest BCUT2D eigenvalue weighted by molar-refractivity contribution is -0.385. The number of aromatic hydroxyl groups is 1. The quantitative estimate of drug-likeness (QED) is 0.0346. The number of nitro benzene ring substituents is 2. The number of phenols is 1. The maximum absolute atomic E-state index is 11.2. The molecule has 0 atom stereocenters. The number of aromatic amines is 3. The highest BCUT2D eigenvalue weighted by atomic mass is 79.9. The van der Waals surface area contributed by atoms with Crippen LogP contribution in [0.1, 0.15) is 48.2 Å². The first-order valence-electron chi connectivity index (χ1n) is 19.9. The Kier molecular flexibility index (Phi) is 15.7. The van der Waals surface area contributed by atoms with E-state index < -0.39 is 27.6 Å². The number of fused-ring (bicyclic) bond motifs is 3. The average molecular weight is 970 g/mol. The predicted octanol–water partition coefficient (Wildman–Crippen LogP) is 9.06. The number of hydrogen-bond donors (Lipinski definition) is 7. The largest absolute Gasteiger partial charge is 0.508 e. The van der Waals surface area contributed by atoms with E-state index in [1.807, 2.05) is 54.6 Å². The van der Waals surface area contributed by atoms with Crippen LogP contribution < -0.4 is 26.7 Å². The van der Waals surface area contributed by atoms with E-state index in [0.29, 0.717) is 40.3 Å². The van der Waals surface area contributed by atoms with E-state index in [2.05, 4.69) is 30.9 Å². The summed E-state index contributed by atoms with van der Waals surface area (Å²) in [6, 6.07) is 43.5. The summed E-state index contributed by atoms with van der Waals surface area (Å²) in [7, 11) is 0. The van der Waals surface area contributed by atoms with Gasteiger partial charge in [0.15, 0.2) is 0 Å². The number of carbonyl (C=O) groups is 3. The summed E-state index contributed by atoms with van der Waals surface area (Å²) >= 11 is 3.22. The fourth-order valence-electron chi connectivity index (χ4n) is 6.34. The van der Waals surface area contributed by atoms with Gasteiger partial charge in [-0.3, -0.25) is 34.6 Å². The SMILES string of the molecule is NC(=O)c1cc2cc(O)ccc2[nH]1.NC(=O)c1cc2cc(OCc3cccc([N+](=O)[O-])c3)ccc2[nH]1.NC(=O)c1cc2cc(OCc3ccccc3)ccc2[nH]1.O=[N+]([O-])c1cccc(CBr)c1. The number of non-ortho nitro benzene ring substituents is 2. The molecule has 67 heavy (non-hydrogen) atoms.